The van der Waals surface area contributed by atoms with Crippen molar-refractivity contribution in [1.29, 1.82) is 0 Å². The van der Waals surface area contributed by atoms with Gasteiger partial charge in [0.1, 0.15) is 11.2 Å². The molecule has 5 nitrogen and oxygen atoms in total. The molecule has 1 saturated heterocycles. The minimum Gasteiger partial charge on any atom is -0.346 e. The van der Waals surface area contributed by atoms with Crippen molar-refractivity contribution in [2.45, 2.75) is 25.3 Å². The lowest BCUT2D eigenvalue weighted by Crippen LogP contribution is -2.45. The minimum atomic E-state index is 0.0958. The maximum absolute atomic E-state index is 4.53. The quantitative estimate of drug-likeness (QED) is 0.699. The van der Waals surface area contributed by atoms with E-state index >= 15 is 0 Å². The fraction of sp³-hybridized carbons (Fsp3) is 0.429. The van der Waals surface area contributed by atoms with E-state index in [9.17, 15) is 0 Å². The number of nitrogens with one attached hydrogen (secondary N) is 2. The van der Waals surface area contributed by atoms with Crippen LogP contribution in [0.5, 0.6) is 0 Å². The van der Waals surface area contributed by atoms with Crippen LogP contribution in [0.2, 0.25) is 0 Å². The number of nitrogens with zero attached hydrogens (tertiary/aromatic N) is 3. The molecule has 0 aromatic carbocycles. The van der Waals surface area contributed by atoms with Crippen LogP contribution in [0.3, 0.4) is 0 Å². The molecule has 0 spiro atoms. The van der Waals surface area contributed by atoms with E-state index in [-0.39, 0.29) is 5.54 Å². The molecular formula is C14H17N5. The molecule has 0 aliphatic carbocycles. The van der Waals surface area contributed by atoms with Crippen LogP contribution in [0, 0.1) is 0 Å². The highest BCUT2D eigenvalue weighted by atomic mass is 15.2. The first-order chi connectivity index (χ1) is 9.28. The Balaban J connectivity index is 2.01. The molecule has 1 unspecified atom stereocenters. The van der Waals surface area contributed by atoms with Crippen molar-refractivity contribution in [3.63, 3.8) is 0 Å². The fourth-order valence-electron chi connectivity index (χ4n) is 3.16. The average molecular weight is 255 g/mol. The maximum atomic E-state index is 4.53. The van der Waals surface area contributed by atoms with Gasteiger partial charge in [0.25, 0.3) is 0 Å². The number of piperidine rings is 1. The highest BCUT2D eigenvalue weighted by molar-refractivity contribution is 6.01. The second-order valence-corrected chi connectivity index (χ2v) is 5.62. The van der Waals surface area contributed by atoms with Crippen LogP contribution in [0.15, 0.2) is 24.8 Å². The third-order valence-electron chi connectivity index (χ3n) is 4.25. The maximum Gasteiger partial charge on any atom is 0.139 e. The third-order valence-corrected chi connectivity index (χ3v) is 4.25. The van der Waals surface area contributed by atoms with Crippen LogP contribution in [-0.4, -0.2) is 32.6 Å². The van der Waals surface area contributed by atoms with Crippen molar-refractivity contribution in [3.8, 4) is 0 Å². The summed E-state index contributed by atoms with van der Waals surface area (Å²) < 4.78 is 2.33. The summed E-state index contributed by atoms with van der Waals surface area (Å²) in [4.78, 5) is 12.1. The standard InChI is InChI=1S/C14H17N5/c1-14(4-2-5-15-8-14)19-9-18-11-7-17-13-10(12(11)19)3-6-16-13/h3,6-7,9,15H,2,4-5,8H2,1H3,(H,16,17). The van der Waals surface area contributed by atoms with Crippen molar-refractivity contribution >= 4 is 22.1 Å². The summed E-state index contributed by atoms with van der Waals surface area (Å²) in [6.07, 6.45) is 8.14. The van der Waals surface area contributed by atoms with E-state index in [0.717, 1.165) is 29.6 Å². The van der Waals surface area contributed by atoms with E-state index < -0.39 is 0 Å². The van der Waals surface area contributed by atoms with Gasteiger partial charge in [0.05, 0.1) is 23.6 Å². The van der Waals surface area contributed by atoms with Gasteiger partial charge < -0.3 is 14.9 Å². The summed E-state index contributed by atoms with van der Waals surface area (Å²) in [6, 6.07) is 2.09. The molecule has 1 fully saturated rings. The first kappa shape index (κ1) is 11.0. The van der Waals surface area contributed by atoms with Gasteiger partial charge in [-0.15, -0.1) is 0 Å². The molecule has 19 heavy (non-hydrogen) atoms. The number of rotatable bonds is 1. The molecule has 3 aromatic heterocycles. The summed E-state index contributed by atoms with van der Waals surface area (Å²) in [5, 5.41) is 4.65. The van der Waals surface area contributed by atoms with Crippen LogP contribution in [0.25, 0.3) is 22.1 Å². The molecule has 0 radical (unpaired) electrons. The number of imidazole rings is 1. The van der Waals surface area contributed by atoms with E-state index in [0.29, 0.717) is 0 Å². The summed E-state index contributed by atoms with van der Waals surface area (Å²) in [5.41, 5.74) is 3.19. The zero-order chi connectivity index (χ0) is 12.9. The highest BCUT2D eigenvalue weighted by Gasteiger charge is 2.30. The summed E-state index contributed by atoms with van der Waals surface area (Å²) in [6.45, 7) is 4.41. The van der Waals surface area contributed by atoms with Gasteiger partial charge in [0.2, 0.25) is 0 Å². The van der Waals surface area contributed by atoms with Crippen molar-refractivity contribution < 1.29 is 0 Å². The van der Waals surface area contributed by atoms with Gasteiger partial charge in [-0.2, -0.15) is 0 Å². The smallest absolute Gasteiger partial charge is 0.139 e. The Labute approximate surface area is 111 Å². The lowest BCUT2D eigenvalue weighted by atomic mass is 9.92. The van der Waals surface area contributed by atoms with E-state index in [4.69, 9.17) is 0 Å². The monoisotopic (exact) mass is 255 g/mol. The van der Waals surface area contributed by atoms with E-state index in [1.807, 2.05) is 18.7 Å². The Kier molecular flexibility index (Phi) is 2.20. The number of hydrogen-bond acceptors (Lipinski definition) is 3. The van der Waals surface area contributed by atoms with Gasteiger partial charge in [-0.3, -0.25) is 0 Å². The molecule has 0 bridgehead atoms. The largest absolute Gasteiger partial charge is 0.346 e. The number of aromatic nitrogens is 4. The third kappa shape index (κ3) is 1.51. The Bertz CT molecular complexity index is 733. The van der Waals surface area contributed by atoms with Gasteiger partial charge in [0.15, 0.2) is 0 Å². The normalized spacial score (nSPS) is 24.3. The molecule has 1 atom stereocenters. The Morgan fingerprint density at radius 3 is 3.16 bits per heavy atom. The second kappa shape index (κ2) is 3.81. The molecule has 3 aromatic rings. The van der Waals surface area contributed by atoms with Gasteiger partial charge in [-0.1, -0.05) is 0 Å². The van der Waals surface area contributed by atoms with Gasteiger partial charge in [0, 0.05) is 18.1 Å². The molecular weight excluding hydrogens is 238 g/mol. The zero-order valence-electron chi connectivity index (χ0n) is 11.0. The Morgan fingerprint density at radius 1 is 1.37 bits per heavy atom. The Morgan fingerprint density at radius 2 is 2.32 bits per heavy atom. The van der Waals surface area contributed by atoms with E-state index in [2.05, 4.69) is 37.8 Å². The van der Waals surface area contributed by atoms with Crippen LogP contribution in [0.1, 0.15) is 19.8 Å². The van der Waals surface area contributed by atoms with Gasteiger partial charge >= 0.3 is 0 Å². The lowest BCUT2D eigenvalue weighted by molar-refractivity contribution is 0.244. The van der Waals surface area contributed by atoms with E-state index in [1.54, 1.807) is 0 Å². The zero-order valence-corrected chi connectivity index (χ0v) is 11.0. The van der Waals surface area contributed by atoms with Crippen LogP contribution >= 0.6 is 0 Å². The van der Waals surface area contributed by atoms with Crippen molar-refractivity contribution in [2.75, 3.05) is 13.1 Å². The molecule has 0 amide bonds. The van der Waals surface area contributed by atoms with Crippen molar-refractivity contribution in [2.24, 2.45) is 0 Å². The first-order valence-electron chi connectivity index (χ1n) is 6.78. The fourth-order valence-corrected chi connectivity index (χ4v) is 3.16. The molecule has 5 heteroatoms. The molecule has 4 rings (SSSR count). The molecule has 2 N–H and O–H groups in total. The topological polar surface area (TPSA) is 58.5 Å². The van der Waals surface area contributed by atoms with Crippen molar-refractivity contribution in [1.82, 2.24) is 24.8 Å². The Hall–Kier alpha value is -1.88. The van der Waals surface area contributed by atoms with Crippen LogP contribution in [-0.2, 0) is 5.54 Å². The first-order valence-corrected chi connectivity index (χ1v) is 6.78. The van der Waals surface area contributed by atoms with Gasteiger partial charge in [-0.05, 0) is 32.4 Å². The van der Waals surface area contributed by atoms with Gasteiger partial charge in [-0.25, -0.2) is 9.97 Å². The van der Waals surface area contributed by atoms with Crippen LogP contribution in [0.4, 0.5) is 0 Å². The SMILES string of the molecule is CC1(n2cnc3cnc4[nH]ccc4c32)CCCNC1. The summed E-state index contributed by atoms with van der Waals surface area (Å²) in [5.74, 6) is 0. The minimum absolute atomic E-state index is 0.0958. The molecule has 98 valence electrons. The second-order valence-electron chi connectivity index (χ2n) is 5.62. The molecule has 1 aliphatic heterocycles. The summed E-state index contributed by atoms with van der Waals surface area (Å²) >= 11 is 0. The van der Waals surface area contributed by atoms with Crippen molar-refractivity contribution in [3.05, 3.63) is 24.8 Å². The van der Waals surface area contributed by atoms with E-state index in [1.165, 1.54) is 18.4 Å². The number of H-pyrrole nitrogens is 1. The molecule has 1 aliphatic rings. The predicted octanol–water partition coefficient (Wildman–Crippen LogP) is 2.01. The lowest BCUT2D eigenvalue weighted by Gasteiger charge is -2.36. The number of fused-ring (bicyclic) bond motifs is 3. The number of aromatic amines is 1. The molecule has 0 saturated carbocycles. The highest BCUT2D eigenvalue weighted by Crippen LogP contribution is 2.31. The predicted molar refractivity (Wildman–Crippen MR) is 75.1 cm³/mol. The number of pyridine rings is 1. The number of hydrogen-bond donors (Lipinski definition) is 2. The molecule has 4 heterocycles. The average Bonchev–Trinajstić information content (AvgIpc) is 3.05. The van der Waals surface area contributed by atoms with Crippen LogP contribution < -0.4 is 5.32 Å². The summed E-state index contributed by atoms with van der Waals surface area (Å²) in [7, 11) is 0.